The highest BCUT2D eigenvalue weighted by atomic mass is 16.9. The molecule has 2 aromatic rings. The summed E-state index contributed by atoms with van der Waals surface area (Å²) >= 11 is 0. The molecule has 0 aliphatic carbocycles. The lowest BCUT2D eigenvalue weighted by Crippen LogP contribution is -2.24. The van der Waals surface area contributed by atoms with Gasteiger partial charge in [-0.05, 0) is 12.0 Å². The number of carbonyl (C=O) groups excluding carboxylic acids is 2. The molecule has 2 aromatic carbocycles. The van der Waals surface area contributed by atoms with Crippen LogP contribution in [0.4, 0.5) is 0 Å². The lowest BCUT2D eigenvalue weighted by Gasteiger charge is -2.18. The van der Waals surface area contributed by atoms with Gasteiger partial charge in [-0.1, -0.05) is 61.5 Å². The molecule has 2 rings (SSSR count). The lowest BCUT2D eigenvalue weighted by atomic mass is 9.90. The average molecular weight is 357 g/mol. The van der Waals surface area contributed by atoms with E-state index in [4.69, 9.17) is 4.74 Å². The maximum atomic E-state index is 12.8. The number of rotatable bonds is 9. The molecule has 0 heterocycles. The van der Waals surface area contributed by atoms with Crippen molar-refractivity contribution in [3.63, 3.8) is 0 Å². The van der Waals surface area contributed by atoms with Crippen LogP contribution < -0.4 is 0 Å². The molecule has 1 unspecified atom stereocenters. The first-order valence-electron chi connectivity index (χ1n) is 8.17. The highest BCUT2D eigenvalue weighted by Crippen LogP contribution is 2.25. The molecule has 0 N–H and O–H groups in total. The molecule has 7 nitrogen and oxygen atoms in total. The lowest BCUT2D eigenvalue weighted by molar-refractivity contribution is -0.758. The maximum absolute atomic E-state index is 12.8. The minimum absolute atomic E-state index is 0.183. The first kappa shape index (κ1) is 19.1. The van der Waals surface area contributed by atoms with Crippen LogP contribution in [0.1, 0.15) is 40.7 Å². The third-order valence-electron chi connectivity index (χ3n) is 3.70. The first-order valence-corrected chi connectivity index (χ1v) is 8.17. The molecular weight excluding hydrogens is 338 g/mol. The minimum atomic E-state index is -1.07. The van der Waals surface area contributed by atoms with Crippen LogP contribution in [0.5, 0.6) is 0 Å². The van der Waals surface area contributed by atoms with Crippen molar-refractivity contribution in [2.75, 3.05) is 13.2 Å². The molecule has 0 aliphatic heterocycles. The van der Waals surface area contributed by atoms with Gasteiger partial charge in [0.05, 0.1) is 6.61 Å². The molecule has 0 radical (unpaired) electrons. The fraction of sp³-hybridized carbons (Fsp3) is 0.263. The summed E-state index contributed by atoms with van der Waals surface area (Å²) < 4.78 is 5.13. The van der Waals surface area contributed by atoms with E-state index in [1.807, 2.05) is 6.92 Å². The van der Waals surface area contributed by atoms with E-state index in [2.05, 4.69) is 4.84 Å². The second kappa shape index (κ2) is 9.31. The van der Waals surface area contributed by atoms with Gasteiger partial charge in [0.15, 0.2) is 5.78 Å². The fourth-order valence-electron chi connectivity index (χ4n) is 2.48. The van der Waals surface area contributed by atoms with Gasteiger partial charge in [0.25, 0.3) is 5.09 Å². The van der Waals surface area contributed by atoms with Crippen LogP contribution in [0.15, 0.2) is 54.6 Å². The number of nitrogens with zero attached hydrogens (tertiary/aromatic N) is 1. The van der Waals surface area contributed by atoms with Crippen molar-refractivity contribution in [2.45, 2.75) is 19.3 Å². The molecule has 0 fully saturated rings. The number of ether oxygens (including phenoxy) is 1. The van der Waals surface area contributed by atoms with Crippen LogP contribution in [0.25, 0.3) is 0 Å². The number of hydrogen-bond donors (Lipinski definition) is 0. The summed E-state index contributed by atoms with van der Waals surface area (Å²) in [5.74, 6) is -2.02. The smallest absolute Gasteiger partial charge is 0.315 e. The molecule has 0 bridgehead atoms. The Hall–Kier alpha value is -3.22. The maximum Gasteiger partial charge on any atom is 0.315 e. The largest absolute Gasteiger partial charge is 0.465 e. The van der Waals surface area contributed by atoms with E-state index in [0.717, 1.165) is 0 Å². The second-order valence-electron chi connectivity index (χ2n) is 5.52. The van der Waals surface area contributed by atoms with Gasteiger partial charge in [0.2, 0.25) is 0 Å². The van der Waals surface area contributed by atoms with Crippen molar-refractivity contribution < 1.29 is 24.3 Å². The Morgan fingerprint density at radius 3 is 2.38 bits per heavy atom. The summed E-state index contributed by atoms with van der Waals surface area (Å²) in [6.45, 7) is 1.50. The SMILES string of the molecule is CCCOC(=O)C(CO[N+](=O)[O-])c1ccccc1C(=O)c1ccccc1. The molecule has 7 heteroatoms. The normalized spacial score (nSPS) is 11.4. The quantitative estimate of drug-likeness (QED) is 0.296. The number of benzene rings is 2. The van der Waals surface area contributed by atoms with E-state index in [1.165, 1.54) is 0 Å². The van der Waals surface area contributed by atoms with Crippen LogP contribution in [0.3, 0.4) is 0 Å². The molecule has 136 valence electrons. The number of esters is 1. The van der Waals surface area contributed by atoms with E-state index in [1.54, 1.807) is 54.6 Å². The molecule has 0 saturated heterocycles. The van der Waals surface area contributed by atoms with Crippen molar-refractivity contribution in [3.8, 4) is 0 Å². The van der Waals surface area contributed by atoms with Crippen LogP contribution in [0, 0.1) is 10.1 Å². The average Bonchev–Trinajstić information content (AvgIpc) is 2.66. The Labute approximate surface area is 150 Å². The number of carbonyl (C=O) groups is 2. The van der Waals surface area contributed by atoms with Gasteiger partial charge in [0.1, 0.15) is 12.5 Å². The zero-order valence-corrected chi connectivity index (χ0v) is 14.3. The standard InChI is InChI=1S/C19H19NO6/c1-2-12-25-19(22)17(13-26-20(23)24)15-10-6-7-11-16(15)18(21)14-8-4-3-5-9-14/h3-11,17H,2,12-13H2,1H3. The van der Waals surface area contributed by atoms with Gasteiger partial charge in [-0.3, -0.25) is 9.59 Å². The Morgan fingerprint density at radius 1 is 1.08 bits per heavy atom. The number of ketones is 1. The monoisotopic (exact) mass is 357 g/mol. The highest BCUT2D eigenvalue weighted by molar-refractivity contribution is 6.10. The van der Waals surface area contributed by atoms with Crippen LogP contribution in [0.2, 0.25) is 0 Å². The summed E-state index contributed by atoms with van der Waals surface area (Å²) in [5.41, 5.74) is 1.07. The zero-order valence-electron chi connectivity index (χ0n) is 14.3. The summed E-state index contributed by atoms with van der Waals surface area (Å²) in [6.07, 6.45) is 0.610. The van der Waals surface area contributed by atoms with Crippen molar-refractivity contribution in [2.24, 2.45) is 0 Å². The Balaban J connectivity index is 2.39. The Morgan fingerprint density at radius 2 is 1.73 bits per heavy atom. The van der Waals surface area contributed by atoms with Crippen LogP contribution in [-0.4, -0.2) is 30.1 Å². The van der Waals surface area contributed by atoms with Crippen molar-refractivity contribution in [3.05, 3.63) is 81.4 Å². The predicted molar refractivity (Wildman–Crippen MR) is 93.3 cm³/mol. The molecule has 0 spiro atoms. The zero-order chi connectivity index (χ0) is 18.9. The van der Waals surface area contributed by atoms with E-state index < -0.39 is 23.6 Å². The summed E-state index contributed by atoms with van der Waals surface area (Å²) in [7, 11) is 0. The van der Waals surface area contributed by atoms with Gasteiger partial charge in [-0.2, -0.15) is 0 Å². The molecule has 0 saturated carbocycles. The summed E-state index contributed by atoms with van der Waals surface area (Å²) in [6, 6.07) is 15.1. The second-order valence-corrected chi connectivity index (χ2v) is 5.52. The fourth-order valence-corrected chi connectivity index (χ4v) is 2.48. The Kier molecular flexibility index (Phi) is 6.84. The van der Waals surface area contributed by atoms with Crippen molar-refractivity contribution in [1.82, 2.24) is 0 Å². The van der Waals surface area contributed by atoms with Crippen LogP contribution >= 0.6 is 0 Å². The van der Waals surface area contributed by atoms with Gasteiger partial charge < -0.3 is 9.57 Å². The van der Waals surface area contributed by atoms with Gasteiger partial charge in [-0.15, -0.1) is 10.1 Å². The van der Waals surface area contributed by atoms with E-state index >= 15 is 0 Å². The highest BCUT2D eigenvalue weighted by Gasteiger charge is 2.28. The third kappa shape index (κ3) is 4.89. The molecule has 0 amide bonds. The topological polar surface area (TPSA) is 95.7 Å². The van der Waals surface area contributed by atoms with E-state index in [9.17, 15) is 19.7 Å². The number of hydrogen-bond acceptors (Lipinski definition) is 6. The van der Waals surface area contributed by atoms with E-state index in [0.29, 0.717) is 17.5 Å². The summed E-state index contributed by atoms with van der Waals surface area (Å²) in [4.78, 5) is 40.2. The molecule has 1 atom stereocenters. The Bertz CT molecular complexity index is 775. The van der Waals surface area contributed by atoms with Crippen molar-refractivity contribution in [1.29, 1.82) is 0 Å². The van der Waals surface area contributed by atoms with Crippen molar-refractivity contribution >= 4 is 11.8 Å². The predicted octanol–water partition coefficient (Wildman–Crippen LogP) is 3.16. The van der Waals surface area contributed by atoms with Crippen LogP contribution in [-0.2, 0) is 14.4 Å². The van der Waals surface area contributed by atoms with Gasteiger partial charge in [-0.25, -0.2) is 0 Å². The summed E-state index contributed by atoms with van der Waals surface area (Å²) in [5, 5.41) is 9.61. The molecule has 0 aliphatic rings. The molecule has 26 heavy (non-hydrogen) atoms. The van der Waals surface area contributed by atoms with Gasteiger partial charge >= 0.3 is 5.97 Å². The first-order chi connectivity index (χ1) is 12.5. The van der Waals surface area contributed by atoms with E-state index in [-0.39, 0.29) is 18.0 Å². The molecule has 0 aromatic heterocycles. The minimum Gasteiger partial charge on any atom is -0.465 e. The van der Waals surface area contributed by atoms with Gasteiger partial charge in [0, 0.05) is 11.1 Å². The molecular formula is C19H19NO6. The third-order valence-corrected chi connectivity index (χ3v) is 3.70.